The molecular weight excluding hydrogens is 512 g/mol. The van der Waals surface area contributed by atoms with Crippen LogP contribution in [0.3, 0.4) is 0 Å². The van der Waals surface area contributed by atoms with Crippen molar-refractivity contribution in [3.63, 3.8) is 0 Å². The van der Waals surface area contributed by atoms with Gasteiger partial charge in [0.15, 0.2) is 11.5 Å². The molecule has 40 heavy (non-hydrogen) atoms. The maximum atomic E-state index is 13.6. The average molecular weight is 555 g/mol. The number of hydrogen-bond acceptors (Lipinski definition) is 8. The van der Waals surface area contributed by atoms with Gasteiger partial charge in [-0.25, -0.2) is 0 Å². The summed E-state index contributed by atoms with van der Waals surface area (Å²) in [5.74, 6) is 0.542. The zero-order valence-corrected chi connectivity index (χ0v) is 24.9. The van der Waals surface area contributed by atoms with Gasteiger partial charge in [0.25, 0.3) is 11.7 Å². The summed E-state index contributed by atoms with van der Waals surface area (Å²) >= 11 is 0. The van der Waals surface area contributed by atoms with E-state index in [-0.39, 0.29) is 11.3 Å². The van der Waals surface area contributed by atoms with E-state index in [1.165, 1.54) is 26.2 Å². The first-order valence-corrected chi connectivity index (χ1v) is 13.7. The first-order valence-electron chi connectivity index (χ1n) is 13.7. The van der Waals surface area contributed by atoms with Crippen LogP contribution in [-0.4, -0.2) is 80.7 Å². The smallest absolute Gasteiger partial charge is 0.295 e. The Morgan fingerprint density at radius 3 is 2.12 bits per heavy atom. The molecule has 1 atom stereocenters. The zero-order chi connectivity index (χ0) is 29.6. The Balaban J connectivity index is 2.19. The first kappa shape index (κ1) is 30.8. The molecule has 2 aromatic rings. The number of ketones is 1. The van der Waals surface area contributed by atoms with E-state index in [9.17, 15) is 14.7 Å². The SMILES string of the molecule is CCN(CC)CCN1C(=O)C(=O)C(=C(O)c2ccc(OCC(C)C)cc2C)[C@H]1c1cc(OC)c(OC)c(OC)c1. The second kappa shape index (κ2) is 13.6. The number of benzene rings is 2. The van der Waals surface area contributed by atoms with E-state index in [0.29, 0.717) is 59.7 Å². The van der Waals surface area contributed by atoms with Gasteiger partial charge in [-0.3, -0.25) is 9.59 Å². The third kappa shape index (κ3) is 6.36. The van der Waals surface area contributed by atoms with Crippen molar-refractivity contribution in [2.45, 2.75) is 40.7 Å². The summed E-state index contributed by atoms with van der Waals surface area (Å²) in [6.07, 6.45) is 0. The molecule has 2 aromatic carbocycles. The quantitative estimate of drug-likeness (QED) is 0.214. The van der Waals surface area contributed by atoms with Gasteiger partial charge in [-0.1, -0.05) is 27.7 Å². The number of carbonyl (C=O) groups excluding carboxylic acids is 2. The number of amides is 1. The lowest BCUT2D eigenvalue weighted by Gasteiger charge is -2.29. The molecule has 0 bridgehead atoms. The molecule has 218 valence electrons. The minimum absolute atomic E-state index is 0.0118. The van der Waals surface area contributed by atoms with Gasteiger partial charge in [-0.05, 0) is 67.4 Å². The Bertz CT molecular complexity index is 1230. The van der Waals surface area contributed by atoms with Crippen molar-refractivity contribution in [1.29, 1.82) is 0 Å². The van der Waals surface area contributed by atoms with E-state index < -0.39 is 17.7 Å². The number of likely N-dealkylation sites (tertiary alicyclic amines) is 1. The van der Waals surface area contributed by atoms with E-state index in [4.69, 9.17) is 18.9 Å². The number of likely N-dealkylation sites (N-methyl/N-ethyl adjacent to an activating group) is 1. The predicted octanol–water partition coefficient (Wildman–Crippen LogP) is 4.82. The fraction of sp³-hybridized carbons (Fsp3) is 0.484. The van der Waals surface area contributed by atoms with Crippen molar-refractivity contribution in [3.05, 3.63) is 52.6 Å². The van der Waals surface area contributed by atoms with Crippen molar-refractivity contribution in [1.82, 2.24) is 9.80 Å². The van der Waals surface area contributed by atoms with Crippen molar-refractivity contribution >= 4 is 17.4 Å². The van der Waals surface area contributed by atoms with Crippen LogP contribution in [0.5, 0.6) is 23.0 Å². The number of carbonyl (C=O) groups is 2. The molecule has 3 rings (SSSR count). The topological polar surface area (TPSA) is 97.8 Å². The predicted molar refractivity (Wildman–Crippen MR) is 154 cm³/mol. The highest BCUT2D eigenvalue weighted by Gasteiger charge is 2.46. The van der Waals surface area contributed by atoms with Crippen molar-refractivity contribution < 1.29 is 33.6 Å². The molecule has 0 unspecified atom stereocenters. The highest BCUT2D eigenvalue weighted by atomic mass is 16.5. The first-order chi connectivity index (χ1) is 19.1. The molecule has 9 heteroatoms. The van der Waals surface area contributed by atoms with Crippen LogP contribution >= 0.6 is 0 Å². The zero-order valence-electron chi connectivity index (χ0n) is 24.9. The fourth-order valence-corrected chi connectivity index (χ4v) is 4.91. The van der Waals surface area contributed by atoms with Gasteiger partial charge in [0, 0.05) is 18.7 Å². The number of aryl methyl sites for hydroxylation is 1. The lowest BCUT2D eigenvalue weighted by molar-refractivity contribution is -0.140. The van der Waals surface area contributed by atoms with Gasteiger partial charge >= 0.3 is 0 Å². The van der Waals surface area contributed by atoms with Gasteiger partial charge < -0.3 is 33.9 Å². The number of nitrogens with zero attached hydrogens (tertiary/aromatic N) is 2. The average Bonchev–Trinajstić information content (AvgIpc) is 3.20. The van der Waals surface area contributed by atoms with E-state index in [0.717, 1.165) is 18.7 Å². The highest BCUT2D eigenvalue weighted by Crippen LogP contribution is 2.46. The second-order valence-corrected chi connectivity index (χ2v) is 10.2. The summed E-state index contributed by atoms with van der Waals surface area (Å²) in [5.41, 5.74) is 1.75. The molecule has 1 heterocycles. The monoisotopic (exact) mass is 554 g/mol. The van der Waals surface area contributed by atoms with Gasteiger partial charge in [-0.15, -0.1) is 0 Å². The van der Waals surface area contributed by atoms with Crippen molar-refractivity contribution in [2.24, 2.45) is 5.92 Å². The van der Waals surface area contributed by atoms with Crippen LogP contribution in [0.1, 0.15) is 50.4 Å². The molecule has 1 fully saturated rings. The van der Waals surface area contributed by atoms with Crippen LogP contribution in [0, 0.1) is 12.8 Å². The second-order valence-electron chi connectivity index (χ2n) is 10.2. The Morgan fingerprint density at radius 2 is 1.62 bits per heavy atom. The molecule has 1 saturated heterocycles. The molecule has 9 nitrogen and oxygen atoms in total. The van der Waals surface area contributed by atoms with E-state index in [1.54, 1.807) is 24.3 Å². The van der Waals surface area contributed by atoms with Crippen LogP contribution in [0.15, 0.2) is 35.9 Å². The molecule has 1 N–H and O–H groups in total. The number of methoxy groups -OCH3 is 3. The number of ether oxygens (including phenoxy) is 4. The van der Waals surface area contributed by atoms with Crippen LogP contribution in [0.25, 0.3) is 5.76 Å². The molecule has 0 spiro atoms. The van der Waals surface area contributed by atoms with Gasteiger partial charge in [0.05, 0.1) is 39.6 Å². The van der Waals surface area contributed by atoms with Gasteiger partial charge in [0.1, 0.15) is 11.5 Å². The maximum Gasteiger partial charge on any atom is 0.295 e. The van der Waals surface area contributed by atoms with Crippen LogP contribution in [0.4, 0.5) is 0 Å². The minimum Gasteiger partial charge on any atom is -0.507 e. The number of Topliss-reactive ketones (excluding diaryl/α,β-unsaturated/α-hetero) is 1. The third-order valence-corrected chi connectivity index (χ3v) is 7.13. The molecule has 0 aromatic heterocycles. The molecular formula is C31H42N2O7. The number of rotatable bonds is 13. The molecule has 0 saturated carbocycles. The summed E-state index contributed by atoms with van der Waals surface area (Å²) in [5, 5.41) is 11.6. The Hall–Kier alpha value is -3.72. The Labute approximate surface area is 237 Å². The summed E-state index contributed by atoms with van der Waals surface area (Å²) < 4.78 is 22.4. The summed E-state index contributed by atoms with van der Waals surface area (Å²) in [4.78, 5) is 30.7. The normalized spacial score (nSPS) is 16.6. The number of hydrogen-bond donors (Lipinski definition) is 1. The fourth-order valence-electron chi connectivity index (χ4n) is 4.91. The minimum atomic E-state index is -0.861. The molecule has 1 amide bonds. The largest absolute Gasteiger partial charge is 0.507 e. The summed E-state index contributed by atoms with van der Waals surface area (Å²) in [7, 11) is 4.52. The standard InChI is InChI=1S/C31H42N2O7/c1-9-32(10-2)13-14-33-27(21-16-24(37-6)30(39-8)25(17-21)38-7)26(29(35)31(33)36)28(34)23-12-11-22(15-20(23)5)40-18-19(3)4/h11-12,15-17,19,27,34H,9-10,13-14,18H2,1-8H3/t27-/m1/s1. The molecule has 1 aliphatic heterocycles. The Morgan fingerprint density at radius 1 is 1.00 bits per heavy atom. The lowest BCUT2D eigenvalue weighted by Crippen LogP contribution is -2.38. The van der Waals surface area contributed by atoms with Crippen LogP contribution in [0.2, 0.25) is 0 Å². The summed E-state index contributed by atoms with van der Waals surface area (Å²) in [6, 6.07) is 7.87. The van der Waals surface area contributed by atoms with E-state index in [1.807, 2.05) is 26.8 Å². The van der Waals surface area contributed by atoms with E-state index >= 15 is 0 Å². The molecule has 1 aliphatic rings. The van der Waals surface area contributed by atoms with Crippen LogP contribution < -0.4 is 18.9 Å². The molecule has 0 radical (unpaired) electrons. The number of aliphatic hydroxyl groups is 1. The highest BCUT2D eigenvalue weighted by molar-refractivity contribution is 6.46. The summed E-state index contributed by atoms with van der Waals surface area (Å²) in [6.45, 7) is 13.1. The number of aliphatic hydroxyl groups excluding tert-OH is 1. The van der Waals surface area contributed by atoms with Gasteiger partial charge in [-0.2, -0.15) is 0 Å². The Kier molecular flexibility index (Phi) is 10.5. The van der Waals surface area contributed by atoms with E-state index in [2.05, 4.69) is 18.7 Å². The van der Waals surface area contributed by atoms with Crippen molar-refractivity contribution in [3.8, 4) is 23.0 Å². The van der Waals surface area contributed by atoms with Gasteiger partial charge in [0.2, 0.25) is 5.75 Å². The third-order valence-electron chi connectivity index (χ3n) is 7.13. The maximum absolute atomic E-state index is 13.6. The molecule has 0 aliphatic carbocycles. The lowest BCUT2D eigenvalue weighted by atomic mass is 9.93. The van der Waals surface area contributed by atoms with Crippen molar-refractivity contribution in [2.75, 3.05) is 54.1 Å². The van der Waals surface area contributed by atoms with Crippen LogP contribution in [-0.2, 0) is 9.59 Å².